The number of hydrogen-bond donors (Lipinski definition) is 2. The minimum atomic E-state index is -4.35. The standard InChI is InChI=1S/C15H21F3O2/c1-11(2)7-14(9-19,10-20)8-12-3-5-13(6-4-12)15(16,17)18/h3-6,11,19-20H,7-10H2,1-2H3. The first kappa shape index (κ1) is 17.0. The highest BCUT2D eigenvalue weighted by molar-refractivity contribution is 5.25. The van der Waals surface area contributed by atoms with Crippen molar-refractivity contribution in [2.45, 2.75) is 32.9 Å². The largest absolute Gasteiger partial charge is 0.416 e. The summed E-state index contributed by atoms with van der Waals surface area (Å²) in [6.07, 6.45) is -3.38. The van der Waals surface area contributed by atoms with Gasteiger partial charge >= 0.3 is 6.18 Å². The maximum absolute atomic E-state index is 12.5. The monoisotopic (exact) mass is 290 g/mol. The fourth-order valence-corrected chi connectivity index (χ4v) is 2.47. The van der Waals surface area contributed by atoms with Gasteiger partial charge in [0.25, 0.3) is 0 Å². The van der Waals surface area contributed by atoms with E-state index in [9.17, 15) is 23.4 Å². The lowest BCUT2D eigenvalue weighted by atomic mass is 9.76. The zero-order valence-corrected chi connectivity index (χ0v) is 11.7. The van der Waals surface area contributed by atoms with Gasteiger partial charge in [-0.05, 0) is 36.5 Å². The smallest absolute Gasteiger partial charge is 0.396 e. The molecule has 0 radical (unpaired) electrons. The van der Waals surface area contributed by atoms with Crippen LogP contribution in [-0.2, 0) is 12.6 Å². The van der Waals surface area contributed by atoms with Gasteiger partial charge in [-0.25, -0.2) is 0 Å². The van der Waals surface area contributed by atoms with Gasteiger partial charge in [0.05, 0.1) is 18.8 Å². The van der Waals surface area contributed by atoms with E-state index in [-0.39, 0.29) is 19.1 Å². The molecule has 114 valence electrons. The van der Waals surface area contributed by atoms with Crippen molar-refractivity contribution in [1.82, 2.24) is 0 Å². The SMILES string of the molecule is CC(C)CC(CO)(CO)Cc1ccc(C(F)(F)F)cc1. The highest BCUT2D eigenvalue weighted by atomic mass is 19.4. The Morgan fingerprint density at radius 3 is 1.85 bits per heavy atom. The molecular weight excluding hydrogens is 269 g/mol. The van der Waals surface area contributed by atoms with Crippen LogP contribution in [0.4, 0.5) is 13.2 Å². The maximum atomic E-state index is 12.5. The van der Waals surface area contributed by atoms with E-state index >= 15 is 0 Å². The summed E-state index contributed by atoms with van der Waals surface area (Å²) < 4.78 is 37.4. The molecule has 0 atom stereocenters. The van der Waals surface area contributed by atoms with Crippen molar-refractivity contribution >= 4 is 0 Å². The molecule has 0 unspecified atom stereocenters. The number of rotatable bonds is 6. The van der Waals surface area contributed by atoms with Crippen LogP contribution in [0, 0.1) is 11.3 Å². The van der Waals surface area contributed by atoms with Gasteiger partial charge in [0.1, 0.15) is 0 Å². The Bertz CT molecular complexity index is 406. The molecule has 0 heterocycles. The summed E-state index contributed by atoms with van der Waals surface area (Å²) >= 11 is 0. The van der Waals surface area contributed by atoms with Crippen LogP contribution in [0.1, 0.15) is 31.4 Å². The van der Waals surface area contributed by atoms with Gasteiger partial charge in [-0.3, -0.25) is 0 Å². The molecule has 0 saturated heterocycles. The summed E-state index contributed by atoms with van der Waals surface area (Å²) in [7, 11) is 0. The predicted molar refractivity (Wildman–Crippen MR) is 71.2 cm³/mol. The van der Waals surface area contributed by atoms with Gasteiger partial charge in [0, 0.05) is 5.41 Å². The molecule has 0 aliphatic rings. The summed E-state index contributed by atoms with van der Waals surface area (Å²) in [5, 5.41) is 19.1. The summed E-state index contributed by atoms with van der Waals surface area (Å²) in [6.45, 7) is 3.57. The molecule has 0 aliphatic heterocycles. The van der Waals surface area contributed by atoms with Crippen molar-refractivity contribution in [1.29, 1.82) is 0 Å². The fourth-order valence-electron chi connectivity index (χ4n) is 2.47. The lowest BCUT2D eigenvalue weighted by Gasteiger charge is -2.31. The van der Waals surface area contributed by atoms with Crippen molar-refractivity contribution in [3.63, 3.8) is 0 Å². The quantitative estimate of drug-likeness (QED) is 0.844. The number of aliphatic hydroxyl groups is 2. The summed E-state index contributed by atoms with van der Waals surface area (Å²) in [4.78, 5) is 0. The van der Waals surface area contributed by atoms with E-state index in [1.54, 1.807) is 0 Å². The topological polar surface area (TPSA) is 40.5 Å². The third-order valence-corrected chi connectivity index (χ3v) is 3.37. The van der Waals surface area contributed by atoms with E-state index in [1.807, 2.05) is 13.8 Å². The second-order valence-corrected chi connectivity index (χ2v) is 5.79. The molecular formula is C15H21F3O2. The van der Waals surface area contributed by atoms with Crippen molar-refractivity contribution in [3.8, 4) is 0 Å². The summed E-state index contributed by atoms with van der Waals surface area (Å²) in [6, 6.07) is 4.88. The molecule has 1 aromatic carbocycles. The molecule has 0 aromatic heterocycles. The molecule has 0 amide bonds. The number of halogens is 3. The molecule has 2 nitrogen and oxygen atoms in total. The minimum absolute atomic E-state index is 0.192. The zero-order valence-electron chi connectivity index (χ0n) is 11.7. The predicted octanol–water partition coefficient (Wildman–Crippen LogP) is 3.27. The van der Waals surface area contributed by atoms with Crippen LogP contribution in [0.2, 0.25) is 0 Å². The van der Waals surface area contributed by atoms with Crippen LogP contribution in [-0.4, -0.2) is 23.4 Å². The lowest BCUT2D eigenvalue weighted by molar-refractivity contribution is -0.137. The Kier molecular flexibility index (Phi) is 5.59. The second-order valence-electron chi connectivity index (χ2n) is 5.79. The van der Waals surface area contributed by atoms with E-state index in [1.165, 1.54) is 12.1 Å². The average molecular weight is 290 g/mol. The van der Waals surface area contributed by atoms with E-state index in [0.29, 0.717) is 18.4 Å². The Morgan fingerprint density at radius 1 is 1.00 bits per heavy atom. The van der Waals surface area contributed by atoms with Crippen molar-refractivity contribution < 1.29 is 23.4 Å². The highest BCUT2D eigenvalue weighted by Crippen LogP contribution is 2.32. The van der Waals surface area contributed by atoms with Gasteiger partial charge in [0.15, 0.2) is 0 Å². The van der Waals surface area contributed by atoms with Crippen LogP contribution in [0.3, 0.4) is 0 Å². The molecule has 0 aliphatic carbocycles. The Labute approximate surface area is 117 Å². The molecule has 0 fully saturated rings. The molecule has 20 heavy (non-hydrogen) atoms. The van der Waals surface area contributed by atoms with Crippen LogP contribution >= 0.6 is 0 Å². The molecule has 0 saturated carbocycles. The van der Waals surface area contributed by atoms with Crippen molar-refractivity contribution in [3.05, 3.63) is 35.4 Å². The third-order valence-electron chi connectivity index (χ3n) is 3.37. The number of alkyl halides is 3. The number of benzene rings is 1. The Balaban J connectivity index is 2.89. The van der Waals surface area contributed by atoms with Crippen molar-refractivity contribution in [2.24, 2.45) is 11.3 Å². The van der Waals surface area contributed by atoms with E-state index in [4.69, 9.17) is 0 Å². The van der Waals surface area contributed by atoms with Crippen LogP contribution in [0.25, 0.3) is 0 Å². The molecule has 0 spiro atoms. The Morgan fingerprint density at radius 2 is 1.50 bits per heavy atom. The van der Waals surface area contributed by atoms with Gasteiger partial charge < -0.3 is 10.2 Å². The van der Waals surface area contributed by atoms with E-state index in [0.717, 1.165) is 12.1 Å². The molecule has 1 rings (SSSR count). The summed E-state index contributed by atoms with van der Waals surface area (Å²) in [5.74, 6) is 0.281. The number of aliphatic hydroxyl groups excluding tert-OH is 2. The van der Waals surface area contributed by atoms with Gasteiger partial charge in [0.2, 0.25) is 0 Å². The molecule has 0 bridgehead atoms. The zero-order chi connectivity index (χ0) is 15.4. The van der Waals surface area contributed by atoms with E-state index < -0.39 is 17.2 Å². The molecule has 1 aromatic rings. The highest BCUT2D eigenvalue weighted by Gasteiger charge is 2.32. The lowest BCUT2D eigenvalue weighted by Crippen LogP contribution is -2.34. The van der Waals surface area contributed by atoms with Crippen LogP contribution in [0.5, 0.6) is 0 Å². The second kappa shape index (κ2) is 6.59. The first-order valence-corrected chi connectivity index (χ1v) is 6.60. The van der Waals surface area contributed by atoms with Crippen LogP contribution in [0.15, 0.2) is 24.3 Å². The third kappa shape index (κ3) is 4.49. The first-order valence-electron chi connectivity index (χ1n) is 6.60. The van der Waals surface area contributed by atoms with Gasteiger partial charge in [-0.15, -0.1) is 0 Å². The van der Waals surface area contributed by atoms with Gasteiger partial charge in [-0.2, -0.15) is 13.2 Å². The molecule has 5 heteroatoms. The van der Waals surface area contributed by atoms with Gasteiger partial charge in [-0.1, -0.05) is 26.0 Å². The van der Waals surface area contributed by atoms with E-state index in [2.05, 4.69) is 0 Å². The van der Waals surface area contributed by atoms with Crippen LogP contribution < -0.4 is 0 Å². The fraction of sp³-hybridized carbons (Fsp3) is 0.600. The first-order chi connectivity index (χ1) is 9.22. The summed E-state index contributed by atoms with van der Waals surface area (Å²) in [5.41, 5.74) is -0.695. The average Bonchev–Trinajstić information content (AvgIpc) is 2.37. The Hall–Kier alpha value is -1.07. The maximum Gasteiger partial charge on any atom is 0.416 e. The number of hydrogen-bond acceptors (Lipinski definition) is 2. The molecule has 2 N–H and O–H groups in total. The minimum Gasteiger partial charge on any atom is -0.396 e. The normalized spacial score (nSPS) is 13.0. The van der Waals surface area contributed by atoms with Crippen molar-refractivity contribution in [2.75, 3.05) is 13.2 Å².